The van der Waals surface area contributed by atoms with E-state index < -0.39 is 0 Å². The molecule has 0 radical (unpaired) electrons. The van der Waals surface area contributed by atoms with E-state index in [1.807, 2.05) is 37.9 Å². The van der Waals surface area contributed by atoms with Crippen molar-refractivity contribution in [1.82, 2.24) is 9.47 Å². The molecule has 0 unspecified atom stereocenters. The number of rotatable bonds is 5. The fraction of sp³-hybridized carbons (Fsp3) is 0.583. The molecule has 1 rings (SSSR count). The molecule has 1 aromatic heterocycles. The van der Waals surface area contributed by atoms with Gasteiger partial charge >= 0.3 is 0 Å². The molecule has 2 N–H and O–H groups in total. The fourth-order valence-corrected chi connectivity index (χ4v) is 2.08. The highest BCUT2D eigenvalue weighted by molar-refractivity contribution is 7.98. The molecule has 0 aromatic carbocycles. The third-order valence-corrected chi connectivity index (χ3v) is 3.21. The summed E-state index contributed by atoms with van der Waals surface area (Å²) in [6, 6.07) is 1.98. The first kappa shape index (κ1) is 14.0. The van der Waals surface area contributed by atoms with E-state index in [2.05, 4.69) is 0 Å². The third-order valence-electron chi connectivity index (χ3n) is 2.62. The van der Waals surface area contributed by atoms with Crippen LogP contribution in [0.5, 0.6) is 0 Å². The highest BCUT2D eigenvalue weighted by Crippen LogP contribution is 2.17. The summed E-state index contributed by atoms with van der Waals surface area (Å²) in [7, 11) is 1.83. The fourth-order valence-electron chi connectivity index (χ4n) is 1.62. The van der Waals surface area contributed by atoms with Gasteiger partial charge in [0.1, 0.15) is 5.69 Å². The molecule has 0 aliphatic heterocycles. The maximum Gasteiger partial charge on any atom is 0.270 e. The van der Waals surface area contributed by atoms with Crippen molar-refractivity contribution < 1.29 is 4.79 Å². The van der Waals surface area contributed by atoms with Crippen LogP contribution in [0.2, 0.25) is 0 Å². The van der Waals surface area contributed by atoms with E-state index in [0.29, 0.717) is 11.4 Å². The highest BCUT2D eigenvalue weighted by Gasteiger charge is 2.17. The van der Waals surface area contributed by atoms with Crippen molar-refractivity contribution in [3.63, 3.8) is 0 Å². The van der Waals surface area contributed by atoms with Gasteiger partial charge in [-0.05, 0) is 26.2 Å². The first-order valence-corrected chi connectivity index (χ1v) is 7.08. The Hall–Kier alpha value is -1.10. The molecule has 0 bridgehead atoms. The average molecular weight is 255 g/mol. The summed E-state index contributed by atoms with van der Waals surface area (Å²) >= 11 is 1.73. The van der Waals surface area contributed by atoms with Crippen LogP contribution in [0, 0.1) is 0 Å². The molecule has 0 atom stereocenters. The molecular formula is C12H21N3OS. The van der Waals surface area contributed by atoms with Crippen LogP contribution >= 0.6 is 11.8 Å². The van der Waals surface area contributed by atoms with Gasteiger partial charge in [-0.1, -0.05) is 0 Å². The number of nitrogens with zero attached hydrogens (tertiary/aromatic N) is 2. The minimum Gasteiger partial charge on any atom is -0.397 e. The predicted octanol–water partition coefficient (Wildman–Crippen LogP) is 2.09. The van der Waals surface area contributed by atoms with E-state index in [9.17, 15) is 4.79 Å². The third kappa shape index (κ3) is 3.43. The Morgan fingerprint density at radius 2 is 2.24 bits per heavy atom. The van der Waals surface area contributed by atoms with Crippen LogP contribution in [0.3, 0.4) is 0 Å². The van der Waals surface area contributed by atoms with Crippen molar-refractivity contribution in [3.8, 4) is 0 Å². The van der Waals surface area contributed by atoms with Gasteiger partial charge in [-0.2, -0.15) is 11.8 Å². The lowest BCUT2D eigenvalue weighted by molar-refractivity contribution is 0.0791. The number of nitrogens with two attached hydrogens (primary N) is 1. The minimum absolute atomic E-state index is 0.0319. The molecule has 0 spiro atoms. The minimum atomic E-state index is 0.0319. The Kier molecular flexibility index (Phi) is 4.93. The maximum absolute atomic E-state index is 12.2. The maximum atomic E-state index is 12.2. The van der Waals surface area contributed by atoms with Gasteiger partial charge in [0.05, 0.1) is 5.69 Å². The van der Waals surface area contributed by atoms with Crippen LogP contribution in [0.1, 0.15) is 30.4 Å². The van der Waals surface area contributed by atoms with Crippen molar-refractivity contribution in [1.29, 1.82) is 0 Å². The number of carbonyl (C=O) groups is 1. The van der Waals surface area contributed by atoms with Crippen molar-refractivity contribution >= 4 is 23.4 Å². The van der Waals surface area contributed by atoms with E-state index in [-0.39, 0.29) is 11.9 Å². The van der Waals surface area contributed by atoms with Gasteiger partial charge in [-0.3, -0.25) is 4.79 Å². The molecule has 1 heterocycles. The predicted molar refractivity (Wildman–Crippen MR) is 74.6 cm³/mol. The zero-order valence-corrected chi connectivity index (χ0v) is 11.8. The largest absolute Gasteiger partial charge is 0.397 e. The van der Waals surface area contributed by atoms with Crippen LogP contribution in [0.15, 0.2) is 12.3 Å². The zero-order valence-electron chi connectivity index (χ0n) is 10.9. The second-order valence-electron chi connectivity index (χ2n) is 4.38. The van der Waals surface area contributed by atoms with Crippen LogP contribution in [-0.4, -0.2) is 41.0 Å². The van der Waals surface area contributed by atoms with Gasteiger partial charge in [0.25, 0.3) is 5.91 Å². The Bertz CT molecular complexity index is 387. The standard InChI is InChI=1S/C12H21N3OS/c1-9(2)15-8-10(13)7-11(15)12(16)14(3)5-6-17-4/h7-9H,5-6,13H2,1-4H3. The summed E-state index contributed by atoms with van der Waals surface area (Å²) in [5.41, 5.74) is 7.07. The van der Waals surface area contributed by atoms with Crippen molar-refractivity contribution in [3.05, 3.63) is 18.0 Å². The van der Waals surface area contributed by atoms with Gasteiger partial charge in [-0.15, -0.1) is 0 Å². The molecule has 0 aliphatic carbocycles. The number of aromatic nitrogens is 1. The summed E-state index contributed by atoms with van der Waals surface area (Å²) in [5.74, 6) is 0.976. The number of anilines is 1. The van der Waals surface area contributed by atoms with Crippen molar-refractivity contribution in [2.24, 2.45) is 0 Å². The van der Waals surface area contributed by atoms with Crippen LogP contribution in [0.25, 0.3) is 0 Å². The number of hydrogen-bond acceptors (Lipinski definition) is 3. The Morgan fingerprint density at radius 3 is 2.76 bits per heavy atom. The average Bonchev–Trinajstić information content (AvgIpc) is 2.67. The molecule has 96 valence electrons. The number of thioether (sulfide) groups is 1. The molecule has 0 saturated carbocycles. The van der Waals surface area contributed by atoms with E-state index in [0.717, 1.165) is 12.3 Å². The molecule has 0 fully saturated rings. The van der Waals surface area contributed by atoms with Gasteiger partial charge in [0.15, 0.2) is 0 Å². The molecular weight excluding hydrogens is 234 g/mol. The summed E-state index contributed by atoms with van der Waals surface area (Å²) in [5, 5.41) is 0. The second-order valence-corrected chi connectivity index (χ2v) is 5.36. The Morgan fingerprint density at radius 1 is 1.59 bits per heavy atom. The van der Waals surface area contributed by atoms with Crippen LogP contribution in [-0.2, 0) is 0 Å². The summed E-state index contributed by atoms with van der Waals surface area (Å²) in [6.07, 6.45) is 3.85. The molecule has 0 saturated heterocycles. The van der Waals surface area contributed by atoms with E-state index in [1.54, 1.807) is 22.7 Å². The molecule has 0 aliphatic rings. The van der Waals surface area contributed by atoms with Gasteiger partial charge in [0, 0.05) is 31.6 Å². The molecule has 1 aromatic rings. The zero-order chi connectivity index (χ0) is 13.0. The summed E-state index contributed by atoms with van der Waals surface area (Å²) in [6.45, 7) is 4.83. The van der Waals surface area contributed by atoms with Gasteiger partial charge < -0.3 is 15.2 Å². The first-order valence-electron chi connectivity index (χ1n) is 5.69. The molecule has 4 nitrogen and oxygen atoms in total. The summed E-state index contributed by atoms with van der Waals surface area (Å²) < 4.78 is 1.92. The monoisotopic (exact) mass is 255 g/mol. The van der Waals surface area contributed by atoms with E-state index in [1.165, 1.54) is 0 Å². The quantitative estimate of drug-likeness (QED) is 0.876. The molecule has 1 amide bonds. The van der Waals surface area contributed by atoms with Crippen molar-refractivity contribution in [2.45, 2.75) is 19.9 Å². The Balaban J connectivity index is 2.87. The molecule has 17 heavy (non-hydrogen) atoms. The van der Waals surface area contributed by atoms with Crippen LogP contribution < -0.4 is 5.73 Å². The highest BCUT2D eigenvalue weighted by atomic mass is 32.2. The van der Waals surface area contributed by atoms with E-state index >= 15 is 0 Å². The smallest absolute Gasteiger partial charge is 0.270 e. The topological polar surface area (TPSA) is 51.3 Å². The number of amides is 1. The van der Waals surface area contributed by atoms with Gasteiger partial charge in [-0.25, -0.2) is 0 Å². The first-order chi connectivity index (χ1) is 7.97. The lowest BCUT2D eigenvalue weighted by Crippen LogP contribution is -2.30. The number of hydrogen-bond donors (Lipinski definition) is 1. The van der Waals surface area contributed by atoms with Crippen LogP contribution in [0.4, 0.5) is 5.69 Å². The number of nitrogen functional groups attached to an aromatic ring is 1. The van der Waals surface area contributed by atoms with Crippen molar-refractivity contribution in [2.75, 3.05) is 31.3 Å². The lowest BCUT2D eigenvalue weighted by Gasteiger charge is -2.19. The SMILES string of the molecule is CSCCN(C)C(=O)c1cc(N)cn1C(C)C. The van der Waals surface area contributed by atoms with E-state index in [4.69, 9.17) is 5.73 Å². The lowest BCUT2D eigenvalue weighted by atomic mass is 10.3. The summed E-state index contributed by atoms with van der Waals surface area (Å²) in [4.78, 5) is 14.0. The van der Waals surface area contributed by atoms with Gasteiger partial charge in [0.2, 0.25) is 0 Å². The Labute approximate surface area is 107 Å². The molecule has 5 heteroatoms. The normalized spacial score (nSPS) is 10.9. The number of carbonyl (C=O) groups excluding carboxylic acids is 1. The second kappa shape index (κ2) is 6.00.